The van der Waals surface area contributed by atoms with Crippen LogP contribution in [0.25, 0.3) is 10.8 Å². The summed E-state index contributed by atoms with van der Waals surface area (Å²) in [5.74, 6) is 0.649. The first kappa shape index (κ1) is 39.0. The minimum atomic E-state index is -0.243. The summed E-state index contributed by atoms with van der Waals surface area (Å²) >= 11 is 0. The molecule has 0 aliphatic carbocycles. The van der Waals surface area contributed by atoms with Gasteiger partial charge in [-0.3, -0.25) is 9.59 Å². The Balaban J connectivity index is 1.48. The van der Waals surface area contributed by atoms with Gasteiger partial charge in [0.1, 0.15) is 5.75 Å². The van der Waals surface area contributed by atoms with Gasteiger partial charge >= 0.3 is 0 Å². The largest absolute Gasteiger partial charge is 0.497 e. The Kier molecular flexibility index (Phi) is 20.8. The maximum absolute atomic E-state index is 12.7. The van der Waals surface area contributed by atoms with Crippen LogP contribution < -0.4 is 15.4 Å². The number of rotatable bonds is 23. The van der Waals surface area contributed by atoms with Gasteiger partial charge in [-0.2, -0.15) is 0 Å². The molecule has 2 N–H and O–H groups in total. The van der Waals surface area contributed by atoms with Crippen LogP contribution in [-0.4, -0.2) is 57.1 Å². The number of hydrogen-bond acceptors (Lipinski definition) is 4. The van der Waals surface area contributed by atoms with E-state index in [2.05, 4.69) is 101 Å². The lowest BCUT2D eigenvalue weighted by Crippen LogP contribution is -2.38. The molecule has 6 nitrogen and oxygen atoms in total. The molecule has 0 spiro atoms. The number of ether oxygens (including phenoxy) is 1. The molecule has 0 fully saturated rings. The number of carbonyl (C=O) groups excluding carboxylic acids is 2. The number of fused-ring (bicyclic) bond motifs is 1. The molecule has 2 aromatic rings. The van der Waals surface area contributed by atoms with Crippen molar-refractivity contribution >= 4 is 22.6 Å². The van der Waals surface area contributed by atoms with Gasteiger partial charge in [0.05, 0.1) is 13.0 Å². The minimum absolute atomic E-state index is 0.00830. The molecule has 0 bridgehead atoms. The van der Waals surface area contributed by atoms with E-state index in [9.17, 15) is 9.59 Å². The fourth-order valence-electron chi connectivity index (χ4n) is 4.75. The van der Waals surface area contributed by atoms with Crippen LogP contribution in [0.15, 0.2) is 109 Å². The van der Waals surface area contributed by atoms with E-state index in [1.807, 2.05) is 44.3 Å². The number of carbonyl (C=O) groups is 2. The van der Waals surface area contributed by atoms with Crippen LogP contribution in [0.3, 0.4) is 0 Å². The quantitative estimate of drug-likeness (QED) is 0.120. The van der Waals surface area contributed by atoms with Crippen LogP contribution >= 0.6 is 0 Å². The van der Waals surface area contributed by atoms with E-state index in [1.54, 1.807) is 7.11 Å². The first-order valence-electron chi connectivity index (χ1n) is 17.1. The number of amides is 2. The monoisotopic (exact) mass is 639 g/mol. The molecule has 0 radical (unpaired) electrons. The van der Waals surface area contributed by atoms with E-state index < -0.39 is 0 Å². The maximum Gasteiger partial charge on any atom is 0.227 e. The van der Waals surface area contributed by atoms with Gasteiger partial charge in [-0.25, -0.2) is 0 Å². The topological polar surface area (TPSA) is 70.7 Å². The first-order chi connectivity index (χ1) is 22.9. The smallest absolute Gasteiger partial charge is 0.227 e. The summed E-state index contributed by atoms with van der Waals surface area (Å²) in [7, 11) is 3.65. The molecule has 2 aromatic carbocycles. The molecule has 0 saturated carbocycles. The van der Waals surface area contributed by atoms with Crippen molar-refractivity contribution in [1.29, 1.82) is 0 Å². The molecule has 2 rings (SSSR count). The number of allylic oxidation sites excluding steroid dienone is 12. The normalized spacial score (nSPS) is 13.0. The van der Waals surface area contributed by atoms with Crippen LogP contribution in [0.2, 0.25) is 0 Å². The van der Waals surface area contributed by atoms with E-state index in [4.69, 9.17) is 4.74 Å². The van der Waals surface area contributed by atoms with Gasteiger partial charge in [0.25, 0.3) is 0 Å². The zero-order chi connectivity index (χ0) is 34.0. The van der Waals surface area contributed by atoms with Crippen LogP contribution in [0.5, 0.6) is 5.75 Å². The van der Waals surface area contributed by atoms with Crippen molar-refractivity contribution in [3.8, 4) is 5.75 Å². The van der Waals surface area contributed by atoms with Gasteiger partial charge in [0, 0.05) is 32.6 Å². The summed E-state index contributed by atoms with van der Waals surface area (Å²) in [4.78, 5) is 27.0. The number of hydrogen-bond donors (Lipinski definition) is 2. The lowest BCUT2D eigenvalue weighted by Gasteiger charge is -2.18. The molecular formula is C41H57N3O3. The molecule has 0 aliphatic rings. The SMILES string of the molecule is CC/C=C\C/C=C\C/C=C\C/C=C\C/C=C\C/C=C\CCC(=O)NCCN(C)CCNC(=O)C(C)c1ccc2cc(OC)ccc2c1. The number of nitrogens with one attached hydrogen (secondary N) is 2. The van der Waals surface area contributed by atoms with Crippen LogP contribution in [-0.2, 0) is 9.59 Å². The molecule has 1 unspecified atom stereocenters. The van der Waals surface area contributed by atoms with E-state index in [0.717, 1.165) is 73.6 Å². The van der Waals surface area contributed by atoms with E-state index in [-0.39, 0.29) is 17.7 Å². The lowest BCUT2D eigenvalue weighted by molar-refractivity contribution is -0.122. The predicted octanol–water partition coefficient (Wildman–Crippen LogP) is 8.59. The second-order valence-corrected chi connectivity index (χ2v) is 11.6. The Bertz CT molecular complexity index is 1370. The molecule has 1 atom stereocenters. The van der Waals surface area contributed by atoms with Crippen molar-refractivity contribution in [3.63, 3.8) is 0 Å². The standard InChI is InChI=1S/C41H57N3O3/c1-5-6-7-8-9-10-11-12-13-14-15-16-17-18-19-20-21-22-23-24-40(45)42-29-31-44(3)32-30-43-41(46)35(2)36-25-26-38-34-39(47-4)28-27-37(38)33-36/h6-7,9-10,12-13,15-16,18-19,21-22,25-28,33-35H,5,8,11,14,17,20,23-24,29-32H2,1-4H3,(H,42,45)(H,43,46)/b7-6-,10-9-,13-12-,16-15-,19-18-,22-21-. The van der Waals surface area contributed by atoms with E-state index in [1.165, 1.54) is 0 Å². The molecule has 6 heteroatoms. The van der Waals surface area contributed by atoms with E-state index in [0.29, 0.717) is 26.1 Å². The molecule has 254 valence electrons. The first-order valence-corrected chi connectivity index (χ1v) is 17.1. The minimum Gasteiger partial charge on any atom is -0.497 e. The molecule has 0 saturated heterocycles. The highest BCUT2D eigenvalue weighted by atomic mass is 16.5. The second-order valence-electron chi connectivity index (χ2n) is 11.6. The Labute approximate surface area is 284 Å². The van der Waals surface area contributed by atoms with Crippen molar-refractivity contribution in [2.24, 2.45) is 0 Å². The third-order valence-electron chi connectivity index (χ3n) is 7.71. The van der Waals surface area contributed by atoms with Crippen LogP contribution in [0, 0.1) is 0 Å². The molecule has 0 aromatic heterocycles. The number of nitrogens with zero attached hydrogens (tertiary/aromatic N) is 1. The summed E-state index contributed by atoms with van der Waals surface area (Å²) in [5.41, 5.74) is 0.986. The summed E-state index contributed by atoms with van der Waals surface area (Å²) in [6, 6.07) is 12.0. The fraction of sp³-hybridized carbons (Fsp3) is 0.415. The second kappa shape index (κ2) is 25.0. The van der Waals surface area contributed by atoms with Crippen LogP contribution in [0.4, 0.5) is 0 Å². The Morgan fingerprint density at radius 1 is 0.723 bits per heavy atom. The third kappa shape index (κ3) is 17.9. The van der Waals surface area contributed by atoms with Crippen molar-refractivity contribution in [3.05, 3.63) is 115 Å². The average Bonchev–Trinajstić information content (AvgIpc) is 3.08. The van der Waals surface area contributed by atoms with Crippen molar-refractivity contribution in [2.45, 2.75) is 71.1 Å². The van der Waals surface area contributed by atoms with Crippen molar-refractivity contribution in [1.82, 2.24) is 15.5 Å². The summed E-state index contributed by atoms with van der Waals surface area (Å²) in [5, 5.41) is 8.21. The van der Waals surface area contributed by atoms with Gasteiger partial charge in [-0.1, -0.05) is 104 Å². The van der Waals surface area contributed by atoms with Gasteiger partial charge < -0.3 is 20.3 Å². The Morgan fingerprint density at radius 3 is 1.81 bits per heavy atom. The van der Waals surface area contributed by atoms with E-state index >= 15 is 0 Å². The fourth-order valence-corrected chi connectivity index (χ4v) is 4.75. The highest BCUT2D eigenvalue weighted by Crippen LogP contribution is 2.25. The number of likely N-dealkylation sites (N-methyl/N-ethyl adjacent to an activating group) is 1. The van der Waals surface area contributed by atoms with Gasteiger partial charge in [-0.05, 0) is 87.4 Å². The van der Waals surface area contributed by atoms with Crippen molar-refractivity contribution in [2.75, 3.05) is 40.3 Å². The predicted molar refractivity (Wildman–Crippen MR) is 200 cm³/mol. The highest BCUT2D eigenvalue weighted by Gasteiger charge is 2.15. The number of methoxy groups -OCH3 is 1. The van der Waals surface area contributed by atoms with Gasteiger partial charge in [0.2, 0.25) is 11.8 Å². The van der Waals surface area contributed by atoms with Gasteiger partial charge in [0.15, 0.2) is 0 Å². The average molecular weight is 640 g/mol. The van der Waals surface area contributed by atoms with Gasteiger partial charge in [-0.15, -0.1) is 0 Å². The molecular weight excluding hydrogens is 582 g/mol. The summed E-state index contributed by atoms with van der Waals surface area (Å²) in [6.07, 6.45) is 33.3. The summed E-state index contributed by atoms with van der Waals surface area (Å²) < 4.78 is 5.30. The molecule has 47 heavy (non-hydrogen) atoms. The zero-order valence-electron chi connectivity index (χ0n) is 29.1. The molecule has 2 amide bonds. The third-order valence-corrected chi connectivity index (χ3v) is 7.71. The Hall–Kier alpha value is -4.16. The molecule has 0 aliphatic heterocycles. The maximum atomic E-state index is 12.7. The highest BCUT2D eigenvalue weighted by molar-refractivity contribution is 5.88. The van der Waals surface area contributed by atoms with Crippen molar-refractivity contribution < 1.29 is 14.3 Å². The summed E-state index contributed by atoms with van der Waals surface area (Å²) in [6.45, 7) is 6.67. The number of benzene rings is 2. The molecule has 0 heterocycles. The lowest BCUT2D eigenvalue weighted by atomic mass is 9.97. The Morgan fingerprint density at radius 2 is 1.23 bits per heavy atom. The van der Waals surface area contributed by atoms with Crippen LogP contribution in [0.1, 0.15) is 76.7 Å². The zero-order valence-corrected chi connectivity index (χ0v) is 29.1.